The zero-order chi connectivity index (χ0) is 23.0. The highest BCUT2D eigenvalue weighted by atomic mass is 16.2. The predicted molar refractivity (Wildman–Crippen MR) is 131 cm³/mol. The van der Waals surface area contributed by atoms with E-state index < -0.39 is 0 Å². The van der Waals surface area contributed by atoms with Crippen molar-refractivity contribution >= 4 is 28.1 Å². The molecule has 172 valence electrons. The number of nitrogens with one attached hydrogen (secondary N) is 2. The van der Waals surface area contributed by atoms with Crippen LogP contribution in [0.5, 0.6) is 0 Å². The number of urea groups is 1. The van der Waals surface area contributed by atoms with Crippen LogP contribution < -0.4 is 16.4 Å². The van der Waals surface area contributed by atoms with Crippen molar-refractivity contribution in [2.45, 2.75) is 45.2 Å². The number of unbranched alkanes of at least 4 members (excludes halogenated alkanes) is 1. The van der Waals surface area contributed by atoms with E-state index in [2.05, 4.69) is 27.1 Å². The zero-order valence-electron chi connectivity index (χ0n) is 19.0. The average molecular weight is 446 g/mol. The van der Waals surface area contributed by atoms with Gasteiger partial charge in [0.05, 0.1) is 23.1 Å². The Labute approximate surface area is 193 Å². The van der Waals surface area contributed by atoms with Crippen molar-refractivity contribution in [1.29, 1.82) is 0 Å². The molecule has 2 amide bonds. The molecule has 0 saturated heterocycles. The number of carbonyl (C=O) groups excluding carboxylic acids is 1. The van der Waals surface area contributed by atoms with Gasteiger partial charge in [-0.2, -0.15) is 0 Å². The summed E-state index contributed by atoms with van der Waals surface area (Å²) in [4.78, 5) is 26.2. The fourth-order valence-corrected chi connectivity index (χ4v) is 4.02. The van der Waals surface area contributed by atoms with Crippen LogP contribution in [0.3, 0.4) is 0 Å². The molecular weight excluding hydrogens is 414 g/mol. The van der Waals surface area contributed by atoms with Gasteiger partial charge in [0.15, 0.2) is 0 Å². The molecule has 0 spiro atoms. The molecule has 0 fully saturated rings. The molecular formula is C25H31N7O. The van der Waals surface area contributed by atoms with E-state index in [9.17, 15) is 4.79 Å². The number of aromatic nitrogens is 4. The summed E-state index contributed by atoms with van der Waals surface area (Å²) in [5, 5.41) is 5.81. The number of aryl methyl sites for hydroxylation is 1. The summed E-state index contributed by atoms with van der Waals surface area (Å²) in [6, 6.07) is 13.6. The highest BCUT2D eigenvalue weighted by molar-refractivity contribution is 6.00. The van der Waals surface area contributed by atoms with Crippen molar-refractivity contribution in [2.75, 3.05) is 13.1 Å². The highest BCUT2D eigenvalue weighted by Gasteiger charge is 2.18. The fourth-order valence-electron chi connectivity index (χ4n) is 4.02. The van der Waals surface area contributed by atoms with Gasteiger partial charge in [0.1, 0.15) is 11.0 Å². The third kappa shape index (κ3) is 5.46. The Bertz CT molecular complexity index is 1210. The summed E-state index contributed by atoms with van der Waals surface area (Å²) in [5.74, 6) is 0.226. The van der Waals surface area contributed by atoms with Crippen LogP contribution in [0.15, 0.2) is 55.0 Å². The Morgan fingerprint density at radius 1 is 1.06 bits per heavy atom. The largest absolute Gasteiger partial charge is 0.338 e. The number of carbonyl (C=O) groups is 1. The van der Waals surface area contributed by atoms with Crippen LogP contribution in [0.25, 0.3) is 22.1 Å². The van der Waals surface area contributed by atoms with E-state index in [-0.39, 0.29) is 11.9 Å². The number of imidazole rings is 1. The van der Waals surface area contributed by atoms with E-state index >= 15 is 0 Å². The van der Waals surface area contributed by atoms with E-state index in [4.69, 9.17) is 15.7 Å². The molecule has 0 aliphatic heterocycles. The Hall–Kier alpha value is -3.52. The summed E-state index contributed by atoms with van der Waals surface area (Å²) in [5.41, 5.74) is 11.5. The van der Waals surface area contributed by atoms with Gasteiger partial charge in [-0.3, -0.25) is 4.98 Å². The standard InChI is InChI=1S/C25H31N7O/c1-18(11-12-26)21-23-24(22-20(31-21)10-7-14-27-22)32(17-30-23)15-6-5-13-28-25(33)29-16-19-8-3-2-4-9-19/h2-4,7-10,14,17-18H,5-6,11-13,15-16,26H2,1H3,(H2,28,29,33). The maximum Gasteiger partial charge on any atom is 0.315 e. The molecule has 0 radical (unpaired) electrons. The Balaban J connectivity index is 1.36. The number of rotatable bonds is 10. The Morgan fingerprint density at radius 3 is 2.73 bits per heavy atom. The number of hydrogen-bond donors (Lipinski definition) is 3. The maximum atomic E-state index is 12.0. The minimum Gasteiger partial charge on any atom is -0.338 e. The molecule has 4 N–H and O–H groups in total. The molecule has 33 heavy (non-hydrogen) atoms. The molecule has 0 bridgehead atoms. The third-order valence-corrected chi connectivity index (χ3v) is 5.81. The van der Waals surface area contributed by atoms with Crippen LogP contribution in [-0.4, -0.2) is 38.6 Å². The van der Waals surface area contributed by atoms with Crippen LogP contribution >= 0.6 is 0 Å². The van der Waals surface area contributed by atoms with Crippen molar-refractivity contribution in [3.05, 3.63) is 66.2 Å². The maximum absolute atomic E-state index is 12.0. The number of amides is 2. The predicted octanol–water partition coefficient (Wildman–Crippen LogP) is 3.71. The third-order valence-electron chi connectivity index (χ3n) is 5.81. The molecule has 4 aromatic rings. The van der Waals surface area contributed by atoms with Crippen molar-refractivity contribution in [2.24, 2.45) is 5.73 Å². The molecule has 0 saturated carbocycles. The zero-order valence-corrected chi connectivity index (χ0v) is 19.0. The lowest BCUT2D eigenvalue weighted by molar-refractivity contribution is 0.240. The van der Waals surface area contributed by atoms with Crippen LogP contribution in [0, 0.1) is 0 Å². The van der Waals surface area contributed by atoms with Crippen LogP contribution in [-0.2, 0) is 13.1 Å². The van der Waals surface area contributed by atoms with Gasteiger partial charge in [-0.1, -0.05) is 37.3 Å². The summed E-state index contributed by atoms with van der Waals surface area (Å²) in [6.07, 6.45) is 6.31. The van der Waals surface area contributed by atoms with Gasteiger partial charge in [-0.15, -0.1) is 0 Å². The molecule has 8 nitrogen and oxygen atoms in total. The summed E-state index contributed by atoms with van der Waals surface area (Å²) in [7, 11) is 0. The second kappa shape index (κ2) is 10.9. The van der Waals surface area contributed by atoms with Gasteiger partial charge in [-0.25, -0.2) is 14.8 Å². The molecule has 1 atom stereocenters. The van der Waals surface area contributed by atoms with E-state index in [1.165, 1.54) is 0 Å². The van der Waals surface area contributed by atoms with Crippen molar-refractivity contribution < 1.29 is 4.79 Å². The van der Waals surface area contributed by atoms with Crippen molar-refractivity contribution in [1.82, 2.24) is 30.2 Å². The van der Waals surface area contributed by atoms with E-state index in [1.54, 1.807) is 6.20 Å². The van der Waals surface area contributed by atoms with Gasteiger partial charge >= 0.3 is 6.03 Å². The number of nitrogens with zero attached hydrogens (tertiary/aromatic N) is 4. The van der Waals surface area contributed by atoms with Crippen LogP contribution in [0.4, 0.5) is 4.79 Å². The number of fused-ring (bicyclic) bond motifs is 3. The first-order valence-corrected chi connectivity index (χ1v) is 11.5. The summed E-state index contributed by atoms with van der Waals surface area (Å²) in [6.45, 7) is 4.69. The van der Waals surface area contributed by atoms with Gasteiger partial charge in [0, 0.05) is 31.7 Å². The molecule has 3 heterocycles. The average Bonchev–Trinajstić information content (AvgIpc) is 3.27. The van der Waals surface area contributed by atoms with Crippen molar-refractivity contribution in [3.63, 3.8) is 0 Å². The minimum absolute atomic E-state index is 0.147. The van der Waals surface area contributed by atoms with Crippen LogP contribution in [0.1, 0.15) is 43.4 Å². The van der Waals surface area contributed by atoms with E-state index in [0.29, 0.717) is 19.6 Å². The normalized spacial score (nSPS) is 12.2. The van der Waals surface area contributed by atoms with E-state index in [1.807, 2.05) is 48.8 Å². The molecule has 0 aliphatic rings. The van der Waals surface area contributed by atoms with E-state index in [0.717, 1.165) is 59.1 Å². The molecule has 1 unspecified atom stereocenters. The first-order chi connectivity index (χ1) is 16.2. The second-order valence-electron chi connectivity index (χ2n) is 8.28. The number of hydrogen-bond acceptors (Lipinski definition) is 5. The lowest BCUT2D eigenvalue weighted by Gasteiger charge is -2.13. The lowest BCUT2D eigenvalue weighted by atomic mass is 10.0. The fraction of sp³-hybridized carbons (Fsp3) is 0.360. The first-order valence-electron chi connectivity index (χ1n) is 11.5. The van der Waals surface area contributed by atoms with Gasteiger partial charge in [-0.05, 0) is 43.5 Å². The molecule has 0 aliphatic carbocycles. The summed E-state index contributed by atoms with van der Waals surface area (Å²) >= 11 is 0. The quantitative estimate of drug-likeness (QED) is 0.322. The molecule has 8 heteroatoms. The highest BCUT2D eigenvalue weighted by Crippen LogP contribution is 2.29. The molecule has 1 aromatic carbocycles. The Kier molecular flexibility index (Phi) is 7.47. The molecule has 3 aromatic heterocycles. The topological polar surface area (TPSA) is 111 Å². The summed E-state index contributed by atoms with van der Waals surface area (Å²) < 4.78 is 2.15. The SMILES string of the molecule is CC(CCN)c1nc2cccnc2c2c1ncn2CCCCNC(=O)NCc1ccccc1. The molecule has 4 rings (SSSR count). The number of benzene rings is 1. The lowest BCUT2D eigenvalue weighted by Crippen LogP contribution is -2.35. The second-order valence-corrected chi connectivity index (χ2v) is 8.28. The first kappa shape index (κ1) is 22.7. The van der Waals surface area contributed by atoms with Crippen molar-refractivity contribution in [3.8, 4) is 0 Å². The monoisotopic (exact) mass is 445 g/mol. The van der Waals surface area contributed by atoms with Gasteiger partial charge in [0.25, 0.3) is 0 Å². The number of nitrogens with two attached hydrogens (primary N) is 1. The minimum atomic E-state index is -0.147. The number of pyridine rings is 2. The van der Waals surface area contributed by atoms with Gasteiger partial charge in [0.2, 0.25) is 0 Å². The van der Waals surface area contributed by atoms with Gasteiger partial charge < -0.3 is 20.9 Å². The van der Waals surface area contributed by atoms with Crippen LogP contribution in [0.2, 0.25) is 0 Å². The Morgan fingerprint density at radius 2 is 1.91 bits per heavy atom. The smallest absolute Gasteiger partial charge is 0.315 e.